The maximum Gasteiger partial charge on any atom is 0.258 e. The quantitative estimate of drug-likeness (QED) is 0.834. The van der Waals surface area contributed by atoms with E-state index >= 15 is 0 Å². The van der Waals surface area contributed by atoms with Crippen LogP contribution >= 0.6 is 12.4 Å². The minimum absolute atomic E-state index is 0. The Kier molecular flexibility index (Phi) is 6.44. The van der Waals surface area contributed by atoms with Gasteiger partial charge in [0.1, 0.15) is 17.1 Å². The molecule has 0 unspecified atom stereocenters. The van der Waals surface area contributed by atoms with Crippen molar-refractivity contribution < 1.29 is 13.9 Å². The summed E-state index contributed by atoms with van der Waals surface area (Å²) in [6.07, 6.45) is 0. The van der Waals surface area contributed by atoms with Crippen molar-refractivity contribution in [2.24, 2.45) is 5.73 Å². The highest BCUT2D eigenvalue weighted by molar-refractivity contribution is 5.97. The fourth-order valence-corrected chi connectivity index (χ4v) is 1.17. The molecule has 6 heteroatoms. The van der Waals surface area contributed by atoms with Crippen LogP contribution in [0.25, 0.3) is 0 Å². The Morgan fingerprint density at radius 1 is 1.56 bits per heavy atom. The first-order chi connectivity index (χ1) is 7.20. The van der Waals surface area contributed by atoms with Crippen LogP contribution in [0.5, 0.6) is 5.75 Å². The third-order valence-corrected chi connectivity index (χ3v) is 1.85. The van der Waals surface area contributed by atoms with Crippen LogP contribution in [0.4, 0.5) is 4.39 Å². The van der Waals surface area contributed by atoms with Gasteiger partial charge in [0.05, 0.1) is 7.11 Å². The third-order valence-electron chi connectivity index (χ3n) is 1.85. The lowest BCUT2D eigenvalue weighted by atomic mass is 10.1. The molecule has 0 saturated heterocycles. The summed E-state index contributed by atoms with van der Waals surface area (Å²) in [5, 5.41) is 2.48. The number of hydrogen-bond acceptors (Lipinski definition) is 3. The zero-order valence-electron chi connectivity index (χ0n) is 8.83. The monoisotopic (exact) mass is 248 g/mol. The van der Waals surface area contributed by atoms with Crippen molar-refractivity contribution in [3.05, 3.63) is 29.6 Å². The van der Waals surface area contributed by atoms with Crippen LogP contribution in [0.2, 0.25) is 0 Å². The predicted molar refractivity (Wildman–Crippen MR) is 61.6 cm³/mol. The molecule has 0 aromatic heterocycles. The van der Waals surface area contributed by atoms with Gasteiger partial charge in [0, 0.05) is 13.1 Å². The van der Waals surface area contributed by atoms with Crippen molar-refractivity contribution in [2.75, 3.05) is 20.2 Å². The van der Waals surface area contributed by atoms with E-state index in [4.69, 9.17) is 10.5 Å². The SMILES string of the molecule is COc1cccc(F)c1C(=O)NCCN.Cl. The van der Waals surface area contributed by atoms with E-state index in [0.717, 1.165) is 0 Å². The number of carbonyl (C=O) groups excluding carboxylic acids is 1. The molecule has 0 heterocycles. The van der Waals surface area contributed by atoms with E-state index in [2.05, 4.69) is 5.32 Å². The number of carbonyl (C=O) groups is 1. The summed E-state index contributed by atoms with van der Waals surface area (Å²) in [4.78, 5) is 11.5. The molecule has 90 valence electrons. The van der Waals surface area contributed by atoms with Crippen molar-refractivity contribution in [1.82, 2.24) is 5.32 Å². The maximum atomic E-state index is 13.3. The van der Waals surface area contributed by atoms with Gasteiger partial charge in [-0.1, -0.05) is 6.07 Å². The van der Waals surface area contributed by atoms with E-state index in [1.54, 1.807) is 0 Å². The van der Waals surface area contributed by atoms with Crippen molar-refractivity contribution in [3.8, 4) is 5.75 Å². The van der Waals surface area contributed by atoms with Gasteiger partial charge >= 0.3 is 0 Å². The van der Waals surface area contributed by atoms with E-state index in [1.807, 2.05) is 0 Å². The van der Waals surface area contributed by atoms with E-state index in [9.17, 15) is 9.18 Å². The van der Waals surface area contributed by atoms with Gasteiger partial charge in [-0.25, -0.2) is 4.39 Å². The Labute approximate surface area is 99.4 Å². The lowest BCUT2D eigenvalue weighted by Crippen LogP contribution is -2.30. The second kappa shape index (κ2) is 7.03. The number of benzene rings is 1. The molecular weight excluding hydrogens is 235 g/mol. The number of halogens is 2. The molecule has 0 fully saturated rings. The smallest absolute Gasteiger partial charge is 0.258 e. The summed E-state index contributed by atoms with van der Waals surface area (Å²) in [6.45, 7) is 0.610. The summed E-state index contributed by atoms with van der Waals surface area (Å²) in [7, 11) is 1.38. The van der Waals surface area contributed by atoms with Crippen LogP contribution < -0.4 is 15.8 Å². The highest BCUT2D eigenvalue weighted by Gasteiger charge is 2.16. The summed E-state index contributed by atoms with van der Waals surface area (Å²) in [5.41, 5.74) is 5.13. The van der Waals surface area contributed by atoms with Crippen LogP contribution in [0.1, 0.15) is 10.4 Å². The molecule has 0 atom stereocenters. The zero-order valence-corrected chi connectivity index (χ0v) is 9.64. The van der Waals surface area contributed by atoms with Crippen molar-refractivity contribution in [2.45, 2.75) is 0 Å². The lowest BCUT2D eigenvalue weighted by molar-refractivity contribution is 0.0947. The second-order valence-corrected chi connectivity index (χ2v) is 2.86. The molecule has 0 spiro atoms. The Morgan fingerprint density at radius 2 is 2.25 bits per heavy atom. The largest absolute Gasteiger partial charge is 0.496 e. The maximum absolute atomic E-state index is 13.3. The molecule has 0 aliphatic heterocycles. The summed E-state index contributed by atoms with van der Waals surface area (Å²) in [5.74, 6) is -0.913. The molecule has 0 radical (unpaired) electrons. The average Bonchev–Trinajstić information content (AvgIpc) is 2.25. The first kappa shape index (κ1) is 14.7. The summed E-state index contributed by atoms with van der Waals surface area (Å²) in [6, 6.07) is 4.22. The van der Waals surface area contributed by atoms with E-state index in [1.165, 1.54) is 25.3 Å². The Morgan fingerprint density at radius 3 is 2.81 bits per heavy atom. The number of amides is 1. The molecule has 1 amide bonds. The molecular formula is C10H14ClFN2O2. The minimum atomic E-state index is -0.608. The topological polar surface area (TPSA) is 64.3 Å². The van der Waals surface area contributed by atoms with Gasteiger partial charge in [-0.2, -0.15) is 0 Å². The lowest BCUT2D eigenvalue weighted by Gasteiger charge is -2.09. The molecule has 1 aromatic rings. The van der Waals surface area contributed by atoms with Crippen molar-refractivity contribution in [1.29, 1.82) is 0 Å². The molecule has 0 aliphatic rings. The van der Waals surface area contributed by atoms with Gasteiger partial charge in [-0.3, -0.25) is 4.79 Å². The molecule has 16 heavy (non-hydrogen) atoms. The number of hydrogen-bond donors (Lipinski definition) is 2. The second-order valence-electron chi connectivity index (χ2n) is 2.86. The highest BCUT2D eigenvalue weighted by Crippen LogP contribution is 2.20. The average molecular weight is 249 g/mol. The standard InChI is InChI=1S/C10H13FN2O2.ClH/c1-15-8-4-2-3-7(11)9(8)10(14)13-6-5-12;/h2-4H,5-6,12H2,1H3,(H,13,14);1H. The van der Waals surface area contributed by atoms with E-state index in [0.29, 0.717) is 13.1 Å². The first-order valence-electron chi connectivity index (χ1n) is 4.51. The molecule has 0 aliphatic carbocycles. The fourth-order valence-electron chi connectivity index (χ4n) is 1.17. The van der Waals surface area contributed by atoms with E-state index < -0.39 is 11.7 Å². The van der Waals surface area contributed by atoms with Gasteiger partial charge in [0.25, 0.3) is 5.91 Å². The van der Waals surface area contributed by atoms with E-state index in [-0.39, 0.29) is 23.7 Å². The number of nitrogens with two attached hydrogens (primary N) is 1. The zero-order chi connectivity index (χ0) is 11.3. The summed E-state index contributed by atoms with van der Waals surface area (Å²) < 4.78 is 18.2. The minimum Gasteiger partial charge on any atom is -0.496 e. The molecule has 3 N–H and O–H groups in total. The highest BCUT2D eigenvalue weighted by atomic mass is 35.5. The Balaban J connectivity index is 0.00000225. The van der Waals surface area contributed by atoms with Gasteiger partial charge in [0.2, 0.25) is 0 Å². The molecule has 0 saturated carbocycles. The van der Waals surface area contributed by atoms with Crippen LogP contribution in [-0.4, -0.2) is 26.1 Å². The normalized spacial score (nSPS) is 9.19. The summed E-state index contributed by atoms with van der Waals surface area (Å²) >= 11 is 0. The number of ether oxygens (including phenoxy) is 1. The number of nitrogens with one attached hydrogen (secondary N) is 1. The van der Waals surface area contributed by atoms with Crippen molar-refractivity contribution >= 4 is 18.3 Å². The molecule has 1 aromatic carbocycles. The number of methoxy groups -OCH3 is 1. The van der Waals surface area contributed by atoms with Gasteiger partial charge in [-0.15, -0.1) is 12.4 Å². The van der Waals surface area contributed by atoms with Gasteiger partial charge in [0.15, 0.2) is 0 Å². The Hall–Kier alpha value is -1.33. The van der Waals surface area contributed by atoms with Crippen LogP contribution in [0.15, 0.2) is 18.2 Å². The van der Waals surface area contributed by atoms with Crippen LogP contribution in [0, 0.1) is 5.82 Å². The molecule has 0 bridgehead atoms. The predicted octanol–water partition coefficient (Wildman–Crippen LogP) is 0.945. The molecule has 4 nitrogen and oxygen atoms in total. The first-order valence-corrected chi connectivity index (χ1v) is 4.51. The van der Waals surface area contributed by atoms with Gasteiger partial charge in [-0.05, 0) is 12.1 Å². The third kappa shape index (κ3) is 3.36. The fraction of sp³-hybridized carbons (Fsp3) is 0.300. The van der Waals surface area contributed by atoms with Crippen molar-refractivity contribution in [3.63, 3.8) is 0 Å². The van der Waals surface area contributed by atoms with Gasteiger partial charge < -0.3 is 15.8 Å². The number of rotatable bonds is 4. The molecule has 1 rings (SSSR count). The Bertz CT molecular complexity index is 361. The van der Waals surface area contributed by atoms with Crippen LogP contribution in [0.3, 0.4) is 0 Å². The van der Waals surface area contributed by atoms with Crippen LogP contribution in [-0.2, 0) is 0 Å².